The lowest BCUT2D eigenvalue weighted by Gasteiger charge is -2.06. The van der Waals surface area contributed by atoms with Crippen molar-refractivity contribution in [1.29, 1.82) is 0 Å². The maximum atomic E-state index is 12.8. The number of hydrogen-bond donors (Lipinski definition) is 0. The fourth-order valence-electron chi connectivity index (χ4n) is 4.30. The maximum Gasteiger partial charge on any atom is 0.279 e. The number of ether oxygens (including phenoxy) is 1. The van der Waals surface area contributed by atoms with E-state index in [0.29, 0.717) is 42.3 Å². The van der Waals surface area contributed by atoms with E-state index in [-0.39, 0.29) is 11.8 Å². The van der Waals surface area contributed by atoms with Crippen LogP contribution < -0.4 is 14.3 Å². The smallest absolute Gasteiger partial charge is 0.279 e. The normalized spacial score (nSPS) is 12.4. The third-order valence-corrected chi connectivity index (χ3v) is 9.18. The summed E-state index contributed by atoms with van der Waals surface area (Å²) in [6, 6.07) is 24.7. The maximum absolute atomic E-state index is 12.8. The predicted octanol–water partition coefficient (Wildman–Crippen LogP) is 7.37. The Morgan fingerprint density at radius 2 is 1.02 bits per heavy atom. The van der Waals surface area contributed by atoms with Crippen molar-refractivity contribution in [1.82, 2.24) is 9.13 Å². The molecule has 0 aliphatic heterocycles. The second-order valence-electron chi connectivity index (χ2n) is 9.05. The number of aryl methyl sites for hydroxylation is 2. The zero-order valence-corrected chi connectivity index (χ0v) is 24.8. The van der Waals surface area contributed by atoms with Crippen LogP contribution in [0.4, 0.5) is 0 Å². The van der Waals surface area contributed by atoms with E-state index < -0.39 is 0 Å². The van der Waals surface area contributed by atoms with Gasteiger partial charge in [-0.2, -0.15) is 9.98 Å². The summed E-state index contributed by atoms with van der Waals surface area (Å²) >= 11 is 15.4. The third-order valence-electron chi connectivity index (χ3n) is 6.38. The first-order valence-corrected chi connectivity index (χ1v) is 14.7. The highest BCUT2D eigenvalue weighted by Gasteiger charge is 2.12. The van der Waals surface area contributed by atoms with E-state index in [9.17, 15) is 9.59 Å². The monoisotopic (exact) mass is 618 g/mol. The summed E-state index contributed by atoms with van der Waals surface area (Å²) in [7, 11) is 3.67. The fraction of sp³-hybridized carbons (Fsp3) is 0.0667. The van der Waals surface area contributed by atoms with Crippen LogP contribution in [0.15, 0.2) is 94.9 Å². The highest BCUT2D eigenvalue weighted by molar-refractivity contribution is 7.16. The zero-order valence-electron chi connectivity index (χ0n) is 21.7. The van der Waals surface area contributed by atoms with Crippen molar-refractivity contribution in [3.8, 4) is 11.5 Å². The SMILES string of the molecule is Cn1c(=NC(=O)c2ccc(Oc3ccc(C(=O)N=c4sc5cccc(Cl)c5n4C)cc3)cc2)sc2cccc(Cl)c21. The number of halogens is 2. The van der Waals surface area contributed by atoms with Crippen molar-refractivity contribution in [2.24, 2.45) is 24.1 Å². The summed E-state index contributed by atoms with van der Waals surface area (Å²) < 4.78 is 11.5. The molecule has 0 radical (unpaired) electrons. The van der Waals surface area contributed by atoms with Crippen LogP contribution in [0.5, 0.6) is 11.5 Å². The van der Waals surface area contributed by atoms with Gasteiger partial charge in [-0.1, -0.05) is 58.0 Å². The van der Waals surface area contributed by atoms with Gasteiger partial charge < -0.3 is 13.9 Å². The van der Waals surface area contributed by atoms with E-state index in [2.05, 4.69) is 9.98 Å². The molecule has 2 amide bonds. The Labute approximate surface area is 251 Å². The van der Waals surface area contributed by atoms with Crippen LogP contribution >= 0.6 is 45.9 Å². The minimum Gasteiger partial charge on any atom is -0.457 e. The van der Waals surface area contributed by atoms with Crippen molar-refractivity contribution in [2.75, 3.05) is 0 Å². The molecule has 2 aromatic heterocycles. The van der Waals surface area contributed by atoms with Crippen LogP contribution in [0.2, 0.25) is 10.0 Å². The Bertz CT molecular complexity index is 1950. The average molecular weight is 620 g/mol. The molecule has 0 atom stereocenters. The molecule has 0 aliphatic rings. The molecule has 11 heteroatoms. The van der Waals surface area contributed by atoms with Gasteiger partial charge in [0, 0.05) is 25.2 Å². The number of carbonyl (C=O) groups excluding carboxylic acids is 2. The van der Waals surface area contributed by atoms with E-state index in [0.717, 1.165) is 20.4 Å². The molecule has 0 saturated heterocycles. The Morgan fingerprint density at radius 3 is 1.39 bits per heavy atom. The second kappa shape index (κ2) is 11.1. The zero-order chi connectivity index (χ0) is 28.7. The molecule has 6 aromatic rings. The molecule has 0 spiro atoms. The second-order valence-corrected chi connectivity index (χ2v) is 11.9. The van der Waals surface area contributed by atoms with Gasteiger partial charge in [-0.15, -0.1) is 0 Å². The molecule has 0 aliphatic carbocycles. The number of hydrogen-bond acceptors (Lipinski definition) is 5. The largest absolute Gasteiger partial charge is 0.457 e. The number of nitrogens with zero attached hydrogens (tertiary/aromatic N) is 4. The first-order chi connectivity index (χ1) is 19.8. The van der Waals surface area contributed by atoms with Gasteiger partial charge in [-0.3, -0.25) is 9.59 Å². The number of amides is 2. The summed E-state index contributed by atoms with van der Waals surface area (Å²) in [5.74, 6) is 0.351. The number of carbonyl (C=O) groups is 2. The first kappa shape index (κ1) is 27.2. The number of thiazole rings is 2. The topological polar surface area (TPSA) is 78.0 Å². The molecular formula is C30H20Cl2N4O3S2. The van der Waals surface area contributed by atoms with Gasteiger partial charge in [0.15, 0.2) is 9.60 Å². The number of aromatic nitrogens is 2. The van der Waals surface area contributed by atoms with Crippen LogP contribution in [0.25, 0.3) is 20.4 Å². The molecule has 0 unspecified atom stereocenters. The van der Waals surface area contributed by atoms with Crippen molar-refractivity contribution >= 4 is 78.1 Å². The Kier molecular flexibility index (Phi) is 7.35. The number of rotatable bonds is 4. The standard InChI is InChI=1S/C30H20Cl2N4O3S2/c1-35-25-21(31)5-3-7-23(25)40-29(35)33-27(37)17-9-13-19(14-10-17)39-20-15-11-18(12-16-20)28(38)34-30-36(2)26-22(32)6-4-8-24(26)41-30/h3-16H,1-2H3. The average Bonchev–Trinajstić information content (AvgIpc) is 3.46. The molecule has 204 valence electrons. The molecule has 0 saturated carbocycles. The highest BCUT2D eigenvalue weighted by atomic mass is 35.5. The molecule has 0 N–H and O–H groups in total. The van der Waals surface area contributed by atoms with E-state index >= 15 is 0 Å². The lowest BCUT2D eigenvalue weighted by atomic mass is 10.2. The number of para-hydroxylation sites is 2. The molecule has 4 aromatic carbocycles. The van der Waals surface area contributed by atoms with E-state index in [1.54, 1.807) is 48.5 Å². The highest BCUT2D eigenvalue weighted by Crippen LogP contribution is 2.26. The Balaban J connectivity index is 1.16. The van der Waals surface area contributed by atoms with Crippen LogP contribution in [0.1, 0.15) is 20.7 Å². The van der Waals surface area contributed by atoms with Crippen LogP contribution in [-0.4, -0.2) is 20.9 Å². The fourth-order valence-corrected chi connectivity index (χ4v) is 7.10. The van der Waals surface area contributed by atoms with Crippen molar-refractivity contribution < 1.29 is 14.3 Å². The van der Waals surface area contributed by atoms with Gasteiger partial charge in [0.25, 0.3) is 11.8 Å². The van der Waals surface area contributed by atoms with Crippen LogP contribution in [-0.2, 0) is 14.1 Å². The minimum atomic E-state index is -0.365. The first-order valence-electron chi connectivity index (χ1n) is 12.3. The molecule has 2 heterocycles. The third kappa shape index (κ3) is 5.37. The van der Waals surface area contributed by atoms with Gasteiger partial charge in [-0.25, -0.2) is 0 Å². The molecule has 0 bridgehead atoms. The number of benzene rings is 4. The van der Waals surface area contributed by atoms with Gasteiger partial charge in [-0.05, 0) is 72.8 Å². The number of fused-ring (bicyclic) bond motifs is 2. The van der Waals surface area contributed by atoms with Crippen LogP contribution in [0, 0.1) is 0 Å². The Hall–Kier alpha value is -4.02. The molecule has 0 fully saturated rings. The lowest BCUT2D eigenvalue weighted by molar-refractivity contribution is 0.0989. The summed E-state index contributed by atoms with van der Waals surface area (Å²) in [4.78, 5) is 35.4. The lowest BCUT2D eigenvalue weighted by Crippen LogP contribution is -2.13. The van der Waals surface area contributed by atoms with E-state index in [4.69, 9.17) is 27.9 Å². The van der Waals surface area contributed by atoms with Gasteiger partial charge in [0.1, 0.15) is 11.5 Å². The molecule has 7 nitrogen and oxygen atoms in total. The van der Waals surface area contributed by atoms with Crippen molar-refractivity contribution in [3.63, 3.8) is 0 Å². The summed E-state index contributed by atoms with van der Waals surface area (Å²) in [5, 5.41) is 1.22. The van der Waals surface area contributed by atoms with E-state index in [1.165, 1.54) is 22.7 Å². The van der Waals surface area contributed by atoms with Crippen molar-refractivity contribution in [3.05, 3.63) is 116 Å². The van der Waals surface area contributed by atoms with Gasteiger partial charge >= 0.3 is 0 Å². The Morgan fingerprint density at radius 1 is 0.634 bits per heavy atom. The molecule has 6 rings (SSSR count). The van der Waals surface area contributed by atoms with E-state index in [1.807, 2.05) is 59.6 Å². The summed E-state index contributed by atoms with van der Waals surface area (Å²) in [6.07, 6.45) is 0. The minimum absolute atomic E-state index is 0.365. The molecule has 41 heavy (non-hydrogen) atoms. The van der Waals surface area contributed by atoms with Gasteiger partial charge in [0.2, 0.25) is 0 Å². The quantitative estimate of drug-likeness (QED) is 0.207. The van der Waals surface area contributed by atoms with Crippen LogP contribution in [0.3, 0.4) is 0 Å². The van der Waals surface area contributed by atoms with Crippen molar-refractivity contribution in [2.45, 2.75) is 0 Å². The van der Waals surface area contributed by atoms with Gasteiger partial charge in [0.05, 0.1) is 30.5 Å². The molecular weight excluding hydrogens is 599 g/mol. The summed E-state index contributed by atoms with van der Waals surface area (Å²) in [5.41, 5.74) is 2.54. The predicted molar refractivity (Wildman–Crippen MR) is 164 cm³/mol. The summed E-state index contributed by atoms with van der Waals surface area (Å²) in [6.45, 7) is 0.